The molecule has 0 aromatic rings. The van der Waals surface area contributed by atoms with Gasteiger partial charge < -0.3 is 15.2 Å². The lowest BCUT2D eigenvalue weighted by molar-refractivity contribution is -0.158. The Bertz CT molecular complexity index is 343. The largest absolute Gasteiger partial charge is 0.481 e. The fourth-order valence-corrected chi connectivity index (χ4v) is 2.30. The molecule has 104 valence electrons. The van der Waals surface area contributed by atoms with Crippen LogP contribution in [0.1, 0.15) is 41.0 Å². The van der Waals surface area contributed by atoms with Gasteiger partial charge in [-0.3, -0.25) is 4.79 Å². The van der Waals surface area contributed by atoms with Gasteiger partial charge in [-0.05, 0) is 38.5 Å². The highest BCUT2D eigenvalue weighted by atomic mass is 16.6. The van der Waals surface area contributed by atoms with Crippen molar-refractivity contribution >= 4 is 12.1 Å². The van der Waals surface area contributed by atoms with E-state index in [4.69, 9.17) is 9.84 Å². The number of carboxylic acids is 1. The van der Waals surface area contributed by atoms with Gasteiger partial charge in [0.2, 0.25) is 0 Å². The van der Waals surface area contributed by atoms with Crippen molar-refractivity contribution in [3.63, 3.8) is 0 Å². The number of aliphatic carboxylic acids is 1. The zero-order chi connectivity index (χ0) is 14.1. The minimum absolute atomic E-state index is 0.186. The number of nitrogens with one attached hydrogen (secondary N) is 1. The first-order chi connectivity index (χ1) is 8.04. The van der Waals surface area contributed by atoms with Gasteiger partial charge >= 0.3 is 12.1 Å². The summed E-state index contributed by atoms with van der Waals surface area (Å²) in [5.74, 6) is -0.887. The molecule has 2 atom stereocenters. The molecule has 1 aliphatic rings. The molecular formula is C13H23NO4. The van der Waals surface area contributed by atoms with E-state index in [0.717, 1.165) is 0 Å². The molecule has 2 N–H and O–H groups in total. The Labute approximate surface area is 108 Å². The molecule has 1 amide bonds. The molecule has 18 heavy (non-hydrogen) atoms. The highest BCUT2D eigenvalue weighted by molar-refractivity contribution is 5.72. The highest BCUT2D eigenvalue weighted by Gasteiger charge is 2.51. The average Bonchev–Trinajstić information content (AvgIpc) is 2.12. The maximum Gasteiger partial charge on any atom is 0.407 e. The molecule has 0 aromatic heterocycles. The lowest BCUT2D eigenvalue weighted by Crippen LogP contribution is -2.53. The van der Waals surface area contributed by atoms with E-state index in [9.17, 15) is 9.59 Å². The van der Waals surface area contributed by atoms with Gasteiger partial charge in [0.15, 0.2) is 0 Å². The second-order valence-corrected chi connectivity index (χ2v) is 6.53. The summed E-state index contributed by atoms with van der Waals surface area (Å²) in [5.41, 5.74) is -0.788. The van der Waals surface area contributed by atoms with Crippen molar-refractivity contribution in [3.05, 3.63) is 0 Å². The van der Waals surface area contributed by atoms with Crippen LogP contribution in [0.15, 0.2) is 0 Å². The molecule has 0 aliphatic heterocycles. The monoisotopic (exact) mass is 257 g/mol. The van der Waals surface area contributed by atoms with Crippen molar-refractivity contribution in [1.82, 2.24) is 5.32 Å². The Balaban J connectivity index is 2.39. The van der Waals surface area contributed by atoms with Crippen LogP contribution in [0.5, 0.6) is 0 Å². The van der Waals surface area contributed by atoms with E-state index in [1.54, 1.807) is 20.8 Å². The van der Waals surface area contributed by atoms with Gasteiger partial charge in [-0.2, -0.15) is 0 Å². The first-order valence-electron chi connectivity index (χ1n) is 6.23. The third kappa shape index (κ3) is 3.37. The molecule has 0 spiro atoms. The van der Waals surface area contributed by atoms with Gasteiger partial charge in [-0.15, -0.1) is 0 Å². The number of rotatable bonds is 3. The number of amides is 1. The highest BCUT2D eigenvalue weighted by Crippen LogP contribution is 2.50. The SMILES string of the molecule is CC(C)(C)OC(=O)NCC1CC(C(=O)O)C1(C)C. The smallest absolute Gasteiger partial charge is 0.407 e. The summed E-state index contributed by atoms with van der Waals surface area (Å²) < 4.78 is 5.13. The van der Waals surface area contributed by atoms with Crippen molar-refractivity contribution in [2.45, 2.75) is 46.6 Å². The summed E-state index contributed by atoms with van der Waals surface area (Å²) >= 11 is 0. The van der Waals surface area contributed by atoms with Crippen LogP contribution in [0, 0.1) is 17.3 Å². The number of carbonyl (C=O) groups excluding carboxylic acids is 1. The lowest BCUT2D eigenvalue weighted by atomic mass is 9.55. The molecular weight excluding hydrogens is 234 g/mol. The quantitative estimate of drug-likeness (QED) is 0.813. The minimum atomic E-state index is -0.756. The predicted molar refractivity (Wildman–Crippen MR) is 67.3 cm³/mol. The van der Waals surface area contributed by atoms with E-state index in [1.165, 1.54) is 0 Å². The van der Waals surface area contributed by atoms with E-state index in [1.807, 2.05) is 13.8 Å². The standard InChI is InChI=1S/C13H23NO4/c1-12(2,3)18-11(17)14-7-8-6-9(10(15)16)13(8,4)5/h8-9H,6-7H2,1-5H3,(H,14,17)(H,15,16). The second-order valence-electron chi connectivity index (χ2n) is 6.53. The van der Waals surface area contributed by atoms with Gasteiger partial charge in [0.05, 0.1) is 5.92 Å². The van der Waals surface area contributed by atoms with Gasteiger partial charge in [0, 0.05) is 6.54 Å². The minimum Gasteiger partial charge on any atom is -0.481 e. The van der Waals surface area contributed by atoms with Gasteiger partial charge in [-0.25, -0.2) is 4.79 Å². The number of hydrogen-bond acceptors (Lipinski definition) is 3. The molecule has 1 rings (SSSR count). The summed E-state index contributed by atoms with van der Waals surface area (Å²) in [6, 6.07) is 0. The Morgan fingerprint density at radius 2 is 1.94 bits per heavy atom. The Morgan fingerprint density at radius 1 is 1.39 bits per heavy atom. The topological polar surface area (TPSA) is 75.6 Å². The van der Waals surface area contributed by atoms with Crippen molar-refractivity contribution in [3.8, 4) is 0 Å². The van der Waals surface area contributed by atoms with Crippen LogP contribution >= 0.6 is 0 Å². The Hall–Kier alpha value is -1.26. The van der Waals surface area contributed by atoms with Crippen LogP contribution in [-0.2, 0) is 9.53 Å². The first-order valence-corrected chi connectivity index (χ1v) is 6.23. The first kappa shape index (κ1) is 14.8. The van der Waals surface area contributed by atoms with Crippen LogP contribution in [0.4, 0.5) is 4.79 Å². The second kappa shape index (κ2) is 4.78. The van der Waals surface area contributed by atoms with Gasteiger partial charge in [-0.1, -0.05) is 13.8 Å². The predicted octanol–water partition coefficient (Wildman–Crippen LogP) is 2.26. The number of carbonyl (C=O) groups is 2. The summed E-state index contributed by atoms with van der Waals surface area (Å²) in [4.78, 5) is 22.4. The molecule has 0 saturated heterocycles. The third-order valence-corrected chi connectivity index (χ3v) is 3.66. The summed E-state index contributed by atoms with van der Waals surface area (Å²) in [7, 11) is 0. The maximum absolute atomic E-state index is 11.5. The van der Waals surface area contributed by atoms with Crippen LogP contribution in [0.2, 0.25) is 0 Å². The van der Waals surface area contributed by atoms with Gasteiger partial charge in [0.25, 0.3) is 0 Å². The number of alkyl carbamates (subject to hydrolysis) is 1. The third-order valence-electron chi connectivity index (χ3n) is 3.66. The van der Waals surface area contributed by atoms with E-state index in [2.05, 4.69) is 5.32 Å². The normalized spacial score (nSPS) is 26.1. The summed E-state index contributed by atoms with van der Waals surface area (Å²) in [6.45, 7) is 9.74. The molecule has 1 fully saturated rings. The van der Waals surface area contributed by atoms with Crippen molar-refractivity contribution in [2.24, 2.45) is 17.3 Å². The molecule has 0 bridgehead atoms. The number of hydrogen-bond donors (Lipinski definition) is 2. The van der Waals surface area contributed by atoms with Crippen LogP contribution in [-0.4, -0.2) is 29.3 Å². The van der Waals surface area contributed by atoms with Crippen molar-refractivity contribution in [2.75, 3.05) is 6.54 Å². The maximum atomic E-state index is 11.5. The fraction of sp³-hybridized carbons (Fsp3) is 0.846. The molecule has 1 aliphatic carbocycles. The van der Waals surface area contributed by atoms with Crippen LogP contribution < -0.4 is 5.32 Å². The van der Waals surface area contributed by atoms with Crippen molar-refractivity contribution < 1.29 is 19.4 Å². The zero-order valence-electron chi connectivity index (χ0n) is 11.7. The molecule has 5 nitrogen and oxygen atoms in total. The summed E-state index contributed by atoms with van der Waals surface area (Å²) in [5, 5.41) is 11.7. The van der Waals surface area contributed by atoms with Crippen molar-refractivity contribution in [1.29, 1.82) is 0 Å². The average molecular weight is 257 g/mol. The van der Waals surface area contributed by atoms with Crippen LogP contribution in [0.3, 0.4) is 0 Å². The Morgan fingerprint density at radius 3 is 2.33 bits per heavy atom. The molecule has 0 heterocycles. The molecule has 2 unspecified atom stereocenters. The summed E-state index contributed by atoms with van der Waals surface area (Å²) in [6.07, 6.45) is 0.162. The van der Waals surface area contributed by atoms with Gasteiger partial charge in [0.1, 0.15) is 5.60 Å². The van der Waals surface area contributed by atoms with E-state index in [0.29, 0.717) is 13.0 Å². The lowest BCUT2D eigenvalue weighted by Gasteiger charge is -2.50. The fourth-order valence-electron chi connectivity index (χ4n) is 2.30. The zero-order valence-corrected chi connectivity index (χ0v) is 11.7. The van der Waals surface area contributed by atoms with E-state index in [-0.39, 0.29) is 17.3 Å². The molecule has 0 radical (unpaired) electrons. The molecule has 1 saturated carbocycles. The molecule has 0 aromatic carbocycles. The molecule has 5 heteroatoms. The van der Waals surface area contributed by atoms with Crippen LogP contribution in [0.25, 0.3) is 0 Å². The Kier molecular flexibility index (Phi) is 3.93. The van der Waals surface area contributed by atoms with E-state index < -0.39 is 17.7 Å². The van der Waals surface area contributed by atoms with E-state index >= 15 is 0 Å². The number of carboxylic acid groups (broad SMARTS) is 1. The number of ether oxygens (including phenoxy) is 1.